The van der Waals surface area contributed by atoms with Gasteiger partial charge in [-0.05, 0) is 12.2 Å². The van der Waals surface area contributed by atoms with Gasteiger partial charge in [0.2, 0.25) is 0 Å². The van der Waals surface area contributed by atoms with Gasteiger partial charge in [0.1, 0.15) is 6.04 Å². The fraction of sp³-hybridized carbons (Fsp3) is 0.833. The third kappa shape index (κ3) is 7.78. The monoisotopic (exact) mass is 165 g/mol. The van der Waals surface area contributed by atoms with E-state index < -0.39 is 12.0 Å². The Bertz CT molecular complexity index is 87.8. The normalized spacial score (nSPS) is 11.2. The minimum atomic E-state index is -0.959. The number of rotatable bonds is 3. The standard InChI is InChI=1S/C4H9NO2S.C2H6/c5-3(1-2-8)4(6)7;1-2/h3,8H,1-2,5H2,(H,6,7);1-2H3. The Hall–Kier alpha value is -0.220. The van der Waals surface area contributed by atoms with Crippen LogP contribution in [0, 0.1) is 0 Å². The van der Waals surface area contributed by atoms with E-state index in [-0.39, 0.29) is 0 Å². The lowest BCUT2D eigenvalue weighted by Gasteiger charge is -2.00. The Kier molecular flexibility index (Phi) is 10.9. The summed E-state index contributed by atoms with van der Waals surface area (Å²) in [5.74, 6) is -0.438. The van der Waals surface area contributed by atoms with Gasteiger partial charge in [0.25, 0.3) is 0 Å². The van der Waals surface area contributed by atoms with Crippen molar-refractivity contribution in [1.82, 2.24) is 0 Å². The van der Waals surface area contributed by atoms with Crippen LogP contribution in [0.2, 0.25) is 0 Å². The third-order valence-electron chi connectivity index (χ3n) is 0.757. The minimum Gasteiger partial charge on any atom is -0.480 e. The Balaban J connectivity index is 0. The van der Waals surface area contributed by atoms with Gasteiger partial charge < -0.3 is 10.8 Å². The molecule has 10 heavy (non-hydrogen) atoms. The summed E-state index contributed by atoms with van der Waals surface area (Å²) in [5, 5.41) is 8.15. The second kappa shape index (κ2) is 8.78. The largest absolute Gasteiger partial charge is 0.480 e. The molecule has 0 aliphatic heterocycles. The quantitative estimate of drug-likeness (QED) is 0.541. The first-order valence-electron chi connectivity index (χ1n) is 3.27. The van der Waals surface area contributed by atoms with Gasteiger partial charge in [-0.15, -0.1) is 0 Å². The van der Waals surface area contributed by atoms with Crippen LogP contribution in [-0.4, -0.2) is 22.9 Å². The first-order valence-corrected chi connectivity index (χ1v) is 3.91. The molecule has 3 nitrogen and oxygen atoms in total. The average Bonchev–Trinajstić information content (AvgIpc) is 1.93. The van der Waals surface area contributed by atoms with Gasteiger partial charge in [0.05, 0.1) is 0 Å². The van der Waals surface area contributed by atoms with Crippen LogP contribution in [0.3, 0.4) is 0 Å². The molecule has 1 unspecified atom stereocenters. The highest BCUT2D eigenvalue weighted by Crippen LogP contribution is 1.88. The van der Waals surface area contributed by atoms with Crippen LogP contribution in [0.1, 0.15) is 20.3 Å². The number of hydrogen-bond donors (Lipinski definition) is 3. The summed E-state index contributed by atoms with van der Waals surface area (Å²) in [7, 11) is 0. The van der Waals surface area contributed by atoms with Gasteiger partial charge in [-0.25, -0.2) is 0 Å². The number of nitrogens with two attached hydrogens (primary N) is 1. The zero-order chi connectivity index (χ0) is 8.57. The molecule has 0 saturated carbocycles. The highest BCUT2D eigenvalue weighted by molar-refractivity contribution is 7.80. The second-order valence-corrected chi connectivity index (χ2v) is 1.90. The molecular weight excluding hydrogens is 150 g/mol. The molecule has 0 radical (unpaired) electrons. The van der Waals surface area contributed by atoms with Gasteiger partial charge in [0.15, 0.2) is 0 Å². The van der Waals surface area contributed by atoms with Crippen LogP contribution in [0.25, 0.3) is 0 Å². The van der Waals surface area contributed by atoms with Crippen molar-refractivity contribution in [2.24, 2.45) is 5.73 Å². The van der Waals surface area contributed by atoms with Gasteiger partial charge in [-0.3, -0.25) is 4.79 Å². The number of aliphatic carboxylic acids is 1. The van der Waals surface area contributed by atoms with Crippen LogP contribution >= 0.6 is 12.6 Å². The average molecular weight is 165 g/mol. The number of hydrogen-bond acceptors (Lipinski definition) is 3. The Morgan fingerprint density at radius 1 is 1.70 bits per heavy atom. The van der Waals surface area contributed by atoms with Crippen molar-refractivity contribution in [1.29, 1.82) is 0 Å². The number of thiol groups is 1. The van der Waals surface area contributed by atoms with Gasteiger partial charge >= 0.3 is 5.97 Å². The van der Waals surface area contributed by atoms with Gasteiger partial charge in [0, 0.05) is 0 Å². The molecule has 0 fully saturated rings. The van der Waals surface area contributed by atoms with Crippen molar-refractivity contribution in [2.45, 2.75) is 26.3 Å². The predicted molar refractivity (Wildman–Crippen MR) is 45.4 cm³/mol. The summed E-state index contributed by atoms with van der Waals surface area (Å²) in [6, 6.07) is -0.743. The van der Waals surface area contributed by atoms with E-state index in [9.17, 15) is 4.79 Å². The molecule has 0 rings (SSSR count). The molecule has 1 atom stereocenters. The summed E-state index contributed by atoms with van der Waals surface area (Å²) < 4.78 is 0. The van der Waals surface area contributed by atoms with E-state index in [1.54, 1.807) is 0 Å². The van der Waals surface area contributed by atoms with Crippen molar-refractivity contribution in [3.8, 4) is 0 Å². The lowest BCUT2D eigenvalue weighted by Crippen LogP contribution is -2.30. The molecule has 0 saturated heterocycles. The molecule has 0 amide bonds. The van der Waals surface area contributed by atoms with E-state index >= 15 is 0 Å². The van der Waals surface area contributed by atoms with Crippen molar-refractivity contribution in [3.05, 3.63) is 0 Å². The van der Waals surface area contributed by atoms with E-state index in [4.69, 9.17) is 10.8 Å². The van der Waals surface area contributed by atoms with E-state index in [0.29, 0.717) is 12.2 Å². The molecule has 4 heteroatoms. The highest BCUT2D eigenvalue weighted by Gasteiger charge is 2.08. The second-order valence-electron chi connectivity index (χ2n) is 1.46. The van der Waals surface area contributed by atoms with Gasteiger partial charge in [-0.2, -0.15) is 12.6 Å². The molecular formula is C6H15NO2S. The molecule has 0 aliphatic carbocycles. The maximum Gasteiger partial charge on any atom is 0.320 e. The third-order valence-corrected chi connectivity index (χ3v) is 1.02. The molecule has 0 heterocycles. The predicted octanol–water partition coefficient (Wildman–Crippen LogP) is 0.744. The van der Waals surface area contributed by atoms with E-state index in [1.165, 1.54) is 0 Å². The Morgan fingerprint density at radius 2 is 2.10 bits per heavy atom. The SMILES string of the molecule is CC.NC(CCS)C(=O)O. The fourth-order valence-corrected chi connectivity index (χ4v) is 0.541. The van der Waals surface area contributed by atoms with E-state index in [0.717, 1.165) is 0 Å². The lowest BCUT2D eigenvalue weighted by molar-refractivity contribution is -0.138. The maximum absolute atomic E-state index is 9.93. The highest BCUT2D eigenvalue weighted by atomic mass is 32.1. The van der Waals surface area contributed by atoms with E-state index in [1.807, 2.05) is 13.8 Å². The number of carbonyl (C=O) groups is 1. The van der Waals surface area contributed by atoms with Gasteiger partial charge in [-0.1, -0.05) is 13.8 Å². The van der Waals surface area contributed by atoms with Crippen molar-refractivity contribution < 1.29 is 9.90 Å². The van der Waals surface area contributed by atoms with Crippen LogP contribution in [0.15, 0.2) is 0 Å². The Morgan fingerprint density at radius 3 is 2.20 bits per heavy atom. The fourth-order valence-electron chi connectivity index (χ4n) is 0.263. The summed E-state index contributed by atoms with van der Waals surface area (Å²) in [4.78, 5) is 9.93. The molecule has 0 aliphatic rings. The van der Waals surface area contributed by atoms with Crippen molar-refractivity contribution >= 4 is 18.6 Å². The molecule has 0 bridgehead atoms. The van der Waals surface area contributed by atoms with Crippen LogP contribution < -0.4 is 5.73 Å². The molecule has 0 aromatic rings. The van der Waals surface area contributed by atoms with Crippen molar-refractivity contribution in [3.63, 3.8) is 0 Å². The number of carboxylic acids is 1. The summed E-state index contributed by atoms with van der Waals surface area (Å²) in [5.41, 5.74) is 5.08. The molecule has 0 spiro atoms. The lowest BCUT2D eigenvalue weighted by atomic mass is 10.2. The maximum atomic E-state index is 9.93. The summed E-state index contributed by atoms with van der Waals surface area (Å²) >= 11 is 3.81. The first-order chi connectivity index (χ1) is 4.68. The molecule has 0 aromatic heterocycles. The summed E-state index contributed by atoms with van der Waals surface area (Å²) in [6.07, 6.45) is 0.429. The van der Waals surface area contributed by atoms with E-state index in [2.05, 4.69) is 12.6 Å². The minimum absolute atomic E-state index is 0.429. The smallest absolute Gasteiger partial charge is 0.320 e. The molecule has 0 aromatic carbocycles. The summed E-state index contributed by atoms with van der Waals surface area (Å²) in [6.45, 7) is 4.00. The Labute approximate surface area is 67.0 Å². The molecule has 3 N–H and O–H groups in total. The van der Waals surface area contributed by atoms with Crippen LogP contribution in [0.5, 0.6) is 0 Å². The molecule has 62 valence electrons. The topological polar surface area (TPSA) is 63.3 Å². The van der Waals surface area contributed by atoms with Crippen molar-refractivity contribution in [2.75, 3.05) is 5.75 Å². The zero-order valence-electron chi connectivity index (χ0n) is 6.37. The van der Waals surface area contributed by atoms with Crippen LogP contribution in [-0.2, 0) is 4.79 Å². The zero-order valence-corrected chi connectivity index (χ0v) is 7.27. The number of carboxylic acid groups (broad SMARTS) is 1. The van der Waals surface area contributed by atoms with Crippen LogP contribution in [0.4, 0.5) is 0 Å². The first kappa shape index (κ1) is 12.5.